The molecule has 0 saturated carbocycles. The van der Waals surface area contributed by atoms with Crippen LogP contribution >= 0.6 is 0 Å². The Morgan fingerprint density at radius 3 is 2.67 bits per heavy atom. The van der Waals surface area contributed by atoms with Gasteiger partial charge < -0.3 is 4.65 Å². The van der Waals surface area contributed by atoms with Crippen LogP contribution in [0.1, 0.15) is 6.92 Å². The van der Waals surface area contributed by atoms with E-state index in [9.17, 15) is 0 Å². The number of rotatable bonds is 3. The maximum absolute atomic E-state index is 4.85. The Morgan fingerprint density at radius 2 is 2.33 bits per heavy atom. The van der Waals surface area contributed by atoms with Crippen LogP contribution in [0.4, 0.5) is 0 Å². The molecule has 0 bridgehead atoms. The van der Waals surface area contributed by atoms with Crippen molar-refractivity contribution in [1.29, 1.82) is 0 Å². The van der Waals surface area contributed by atoms with Gasteiger partial charge in [-0.1, -0.05) is 18.7 Å². The third kappa shape index (κ3) is 3.65. The minimum Gasteiger partial charge on any atom is -0.568 e. The van der Waals surface area contributed by atoms with Gasteiger partial charge in [0.1, 0.15) is 0 Å². The van der Waals surface area contributed by atoms with E-state index in [0.717, 1.165) is 0 Å². The minimum absolute atomic E-state index is 0.563. The lowest BCUT2D eigenvalue weighted by Crippen LogP contribution is -1.79. The average molecular weight is 120 g/mol. The molecule has 0 saturated heterocycles. The van der Waals surface area contributed by atoms with Gasteiger partial charge in [0.25, 0.3) is 0 Å². The van der Waals surface area contributed by atoms with Gasteiger partial charge in [0, 0.05) is 0 Å². The highest BCUT2D eigenvalue weighted by Gasteiger charge is 1.79. The fourth-order valence-corrected chi connectivity index (χ4v) is 0.347. The Balaban J connectivity index is 3.90. The van der Waals surface area contributed by atoms with Crippen molar-refractivity contribution in [3.8, 4) is 0 Å². The SMILES string of the molecule is [B]O/C(C=C)=C/C=C\C. The van der Waals surface area contributed by atoms with Crippen LogP contribution < -0.4 is 0 Å². The number of hydrogen-bond donors (Lipinski definition) is 0. The largest absolute Gasteiger partial charge is 0.568 e. The van der Waals surface area contributed by atoms with Gasteiger partial charge in [0.05, 0.1) is 5.76 Å². The van der Waals surface area contributed by atoms with Gasteiger partial charge in [-0.15, -0.1) is 0 Å². The van der Waals surface area contributed by atoms with Gasteiger partial charge in [0.15, 0.2) is 0 Å². The molecule has 2 heteroatoms. The summed E-state index contributed by atoms with van der Waals surface area (Å²) in [6.07, 6.45) is 6.97. The smallest absolute Gasteiger partial charge is 0.374 e. The summed E-state index contributed by atoms with van der Waals surface area (Å²) in [6, 6.07) is 0. The van der Waals surface area contributed by atoms with E-state index in [1.807, 2.05) is 19.1 Å². The third-order valence-corrected chi connectivity index (χ3v) is 0.790. The molecule has 0 aliphatic heterocycles. The first-order chi connectivity index (χ1) is 4.35. The van der Waals surface area contributed by atoms with Gasteiger partial charge in [-0.05, 0) is 19.1 Å². The van der Waals surface area contributed by atoms with Crippen LogP contribution in [0, 0.1) is 0 Å². The third-order valence-electron chi connectivity index (χ3n) is 0.790. The van der Waals surface area contributed by atoms with Crippen molar-refractivity contribution in [2.24, 2.45) is 0 Å². The molecule has 0 spiro atoms. The molecule has 2 radical (unpaired) electrons. The van der Waals surface area contributed by atoms with Crippen LogP contribution in [-0.2, 0) is 4.65 Å². The van der Waals surface area contributed by atoms with E-state index in [4.69, 9.17) is 8.05 Å². The Kier molecular flexibility index (Phi) is 4.69. The molecule has 0 aromatic rings. The van der Waals surface area contributed by atoms with E-state index in [1.54, 1.807) is 12.2 Å². The van der Waals surface area contributed by atoms with Gasteiger partial charge in [0.2, 0.25) is 0 Å². The standard InChI is InChI=1S/C7H9BO/c1-3-5-6-7(4-2)9-8/h3-6H,2H2,1H3/b5-3-,7-6+. The van der Waals surface area contributed by atoms with Crippen LogP contribution in [-0.4, -0.2) is 8.05 Å². The second-order valence-electron chi connectivity index (χ2n) is 1.42. The lowest BCUT2D eigenvalue weighted by atomic mass is 10.4. The molecule has 0 aliphatic carbocycles. The van der Waals surface area contributed by atoms with Crippen molar-refractivity contribution in [1.82, 2.24) is 0 Å². The summed E-state index contributed by atoms with van der Waals surface area (Å²) in [4.78, 5) is 0. The van der Waals surface area contributed by atoms with Crippen molar-refractivity contribution in [3.05, 3.63) is 36.6 Å². The van der Waals surface area contributed by atoms with E-state index in [-0.39, 0.29) is 0 Å². The van der Waals surface area contributed by atoms with Gasteiger partial charge in [-0.2, -0.15) is 0 Å². The summed E-state index contributed by atoms with van der Waals surface area (Å²) in [7, 11) is 4.85. The van der Waals surface area contributed by atoms with E-state index in [1.165, 1.54) is 0 Å². The molecule has 0 rings (SSSR count). The number of allylic oxidation sites excluding steroid dienone is 4. The average Bonchev–Trinajstić information content (AvgIpc) is 1.91. The Bertz CT molecular complexity index is 136. The summed E-state index contributed by atoms with van der Waals surface area (Å²) >= 11 is 0. The van der Waals surface area contributed by atoms with Crippen molar-refractivity contribution in [2.45, 2.75) is 6.92 Å². The molecule has 0 amide bonds. The van der Waals surface area contributed by atoms with Crippen molar-refractivity contribution in [3.63, 3.8) is 0 Å². The fraction of sp³-hybridized carbons (Fsp3) is 0.143. The van der Waals surface area contributed by atoms with Crippen LogP contribution in [0.2, 0.25) is 0 Å². The topological polar surface area (TPSA) is 9.23 Å². The van der Waals surface area contributed by atoms with Gasteiger partial charge in [-0.3, -0.25) is 0 Å². The van der Waals surface area contributed by atoms with Crippen molar-refractivity contribution >= 4 is 8.05 Å². The summed E-state index contributed by atoms with van der Waals surface area (Å²) in [5.41, 5.74) is 0. The summed E-state index contributed by atoms with van der Waals surface area (Å²) < 4.78 is 4.39. The number of hydrogen-bond acceptors (Lipinski definition) is 1. The molecular weight excluding hydrogens is 111 g/mol. The lowest BCUT2D eigenvalue weighted by molar-refractivity contribution is 0.493. The second kappa shape index (κ2) is 5.23. The second-order valence-corrected chi connectivity index (χ2v) is 1.42. The fourth-order valence-electron chi connectivity index (χ4n) is 0.347. The van der Waals surface area contributed by atoms with E-state index >= 15 is 0 Å². The Labute approximate surface area is 57.2 Å². The zero-order chi connectivity index (χ0) is 7.11. The molecule has 0 N–H and O–H groups in total. The maximum Gasteiger partial charge on any atom is 0.374 e. The predicted octanol–water partition coefficient (Wildman–Crippen LogP) is 1.73. The van der Waals surface area contributed by atoms with Crippen molar-refractivity contribution < 1.29 is 4.65 Å². The molecular formula is C7H9BO. The van der Waals surface area contributed by atoms with Gasteiger partial charge in [-0.25, -0.2) is 0 Å². The lowest BCUT2D eigenvalue weighted by Gasteiger charge is -1.95. The summed E-state index contributed by atoms with van der Waals surface area (Å²) in [5.74, 6) is 0.563. The molecule has 0 unspecified atom stereocenters. The quantitative estimate of drug-likeness (QED) is 0.313. The van der Waals surface area contributed by atoms with Gasteiger partial charge >= 0.3 is 8.05 Å². The molecule has 1 nitrogen and oxygen atoms in total. The first-order valence-corrected chi connectivity index (χ1v) is 2.67. The highest BCUT2D eigenvalue weighted by molar-refractivity contribution is 5.99. The van der Waals surface area contributed by atoms with Crippen molar-refractivity contribution in [2.75, 3.05) is 0 Å². The van der Waals surface area contributed by atoms with E-state index in [0.29, 0.717) is 5.76 Å². The molecule has 0 aromatic carbocycles. The minimum atomic E-state index is 0.563. The first kappa shape index (κ1) is 8.08. The zero-order valence-corrected chi connectivity index (χ0v) is 5.50. The molecule has 0 heterocycles. The zero-order valence-electron chi connectivity index (χ0n) is 5.50. The van der Waals surface area contributed by atoms with Crippen LogP contribution in [0.3, 0.4) is 0 Å². The predicted molar refractivity (Wildman–Crippen MR) is 39.9 cm³/mol. The molecule has 0 fully saturated rings. The molecule has 9 heavy (non-hydrogen) atoms. The molecule has 0 atom stereocenters. The highest BCUT2D eigenvalue weighted by Crippen LogP contribution is 1.94. The molecule has 0 aliphatic rings. The molecule has 46 valence electrons. The molecule has 0 aromatic heterocycles. The highest BCUT2D eigenvalue weighted by atomic mass is 16.4. The first-order valence-electron chi connectivity index (χ1n) is 2.67. The Morgan fingerprint density at radius 1 is 1.67 bits per heavy atom. The van der Waals surface area contributed by atoms with Crippen LogP contribution in [0.15, 0.2) is 36.6 Å². The van der Waals surface area contributed by atoms with Crippen LogP contribution in [0.25, 0.3) is 0 Å². The summed E-state index contributed by atoms with van der Waals surface area (Å²) in [5, 5.41) is 0. The summed E-state index contributed by atoms with van der Waals surface area (Å²) in [6.45, 7) is 5.39. The monoisotopic (exact) mass is 120 g/mol. The van der Waals surface area contributed by atoms with E-state index in [2.05, 4.69) is 11.2 Å². The van der Waals surface area contributed by atoms with Crippen LogP contribution in [0.5, 0.6) is 0 Å². The van der Waals surface area contributed by atoms with E-state index < -0.39 is 0 Å². The normalized spacial score (nSPS) is 11.9. The Hall–Kier alpha value is -0.915. The maximum atomic E-state index is 4.85.